The van der Waals surface area contributed by atoms with Gasteiger partial charge in [0.2, 0.25) is 0 Å². The Balaban J connectivity index is 2.39. The van der Waals surface area contributed by atoms with E-state index in [1.54, 1.807) is 6.20 Å². The number of rotatable bonds is 1. The SMILES string of the molecule is Clc1[c]c(Cl)c(C2CC2)nc1. The fourth-order valence-corrected chi connectivity index (χ4v) is 1.52. The monoisotopic (exact) mass is 186 g/mol. The van der Waals surface area contributed by atoms with Gasteiger partial charge in [-0.05, 0) is 12.8 Å². The Morgan fingerprint density at radius 2 is 2.18 bits per heavy atom. The van der Waals surface area contributed by atoms with Gasteiger partial charge in [-0.1, -0.05) is 23.2 Å². The van der Waals surface area contributed by atoms with Crippen LogP contribution in [0.1, 0.15) is 24.5 Å². The van der Waals surface area contributed by atoms with Gasteiger partial charge in [-0.15, -0.1) is 0 Å². The summed E-state index contributed by atoms with van der Waals surface area (Å²) >= 11 is 11.5. The van der Waals surface area contributed by atoms with Crippen molar-refractivity contribution in [2.45, 2.75) is 18.8 Å². The van der Waals surface area contributed by atoms with E-state index in [4.69, 9.17) is 23.2 Å². The molecule has 1 aromatic rings. The smallest absolute Gasteiger partial charge is 0.0718 e. The molecule has 1 aromatic heterocycles. The number of hydrogen-bond acceptors (Lipinski definition) is 1. The Hall–Kier alpha value is -0.270. The highest BCUT2D eigenvalue weighted by Gasteiger charge is 2.27. The van der Waals surface area contributed by atoms with Gasteiger partial charge in [0.05, 0.1) is 15.7 Å². The molecule has 0 saturated heterocycles. The molecule has 0 amide bonds. The van der Waals surface area contributed by atoms with Crippen LogP contribution in [-0.2, 0) is 0 Å². The zero-order valence-electron chi connectivity index (χ0n) is 5.77. The van der Waals surface area contributed by atoms with E-state index in [0.29, 0.717) is 16.0 Å². The molecule has 0 N–H and O–H groups in total. The predicted octanol–water partition coefficient (Wildman–Crippen LogP) is 3.07. The van der Waals surface area contributed by atoms with Crippen LogP contribution in [0.3, 0.4) is 0 Å². The van der Waals surface area contributed by atoms with Gasteiger partial charge in [0.1, 0.15) is 0 Å². The second-order valence-corrected chi connectivity index (χ2v) is 3.49. The molecule has 0 aromatic carbocycles. The Labute approximate surface area is 75.3 Å². The highest BCUT2D eigenvalue weighted by molar-refractivity contribution is 6.34. The van der Waals surface area contributed by atoms with Crippen molar-refractivity contribution >= 4 is 23.2 Å². The molecule has 0 atom stereocenters. The highest BCUT2D eigenvalue weighted by atomic mass is 35.5. The van der Waals surface area contributed by atoms with Crippen molar-refractivity contribution < 1.29 is 0 Å². The van der Waals surface area contributed by atoms with Crippen molar-refractivity contribution in [1.29, 1.82) is 0 Å². The fourth-order valence-electron chi connectivity index (χ4n) is 1.03. The number of nitrogens with zero attached hydrogens (tertiary/aromatic N) is 1. The summed E-state index contributed by atoms with van der Waals surface area (Å²) in [6.45, 7) is 0. The van der Waals surface area contributed by atoms with Crippen molar-refractivity contribution in [2.75, 3.05) is 0 Å². The van der Waals surface area contributed by atoms with Crippen molar-refractivity contribution in [2.24, 2.45) is 0 Å². The quantitative estimate of drug-likeness (QED) is 0.658. The van der Waals surface area contributed by atoms with E-state index < -0.39 is 0 Å². The average molecular weight is 187 g/mol. The molecule has 1 heterocycles. The average Bonchev–Trinajstić information content (AvgIpc) is 2.70. The molecule has 0 unspecified atom stereocenters. The standard InChI is InChI=1S/C8H6Cl2N/c9-6-3-7(10)8(11-4-6)5-1-2-5/h4-5H,1-2H2. The normalized spacial score (nSPS) is 16.9. The molecule has 1 fully saturated rings. The van der Waals surface area contributed by atoms with Crippen LogP contribution >= 0.6 is 23.2 Å². The summed E-state index contributed by atoms with van der Waals surface area (Å²) in [5.41, 5.74) is 0.955. The van der Waals surface area contributed by atoms with Gasteiger partial charge in [0, 0.05) is 18.2 Å². The minimum atomic E-state index is 0.486. The van der Waals surface area contributed by atoms with E-state index in [2.05, 4.69) is 11.1 Å². The zero-order chi connectivity index (χ0) is 7.84. The maximum absolute atomic E-state index is 5.86. The molecule has 1 nitrogen and oxygen atoms in total. The van der Waals surface area contributed by atoms with Gasteiger partial charge in [0.15, 0.2) is 0 Å². The van der Waals surface area contributed by atoms with Crippen molar-refractivity contribution in [3.63, 3.8) is 0 Å². The second-order valence-electron chi connectivity index (χ2n) is 2.70. The summed E-state index contributed by atoms with van der Waals surface area (Å²) in [5.74, 6) is 0.566. The van der Waals surface area contributed by atoms with E-state index >= 15 is 0 Å². The van der Waals surface area contributed by atoms with E-state index in [1.165, 1.54) is 12.8 Å². The first kappa shape index (κ1) is 7.38. The van der Waals surface area contributed by atoms with Crippen molar-refractivity contribution in [3.05, 3.63) is 28.0 Å². The number of hydrogen-bond donors (Lipinski definition) is 0. The Morgan fingerprint density at radius 3 is 2.73 bits per heavy atom. The third kappa shape index (κ3) is 1.49. The van der Waals surface area contributed by atoms with Crippen LogP contribution in [-0.4, -0.2) is 4.98 Å². The van der Waals surface area contributed by atoms with Gasteiger partial charge in [-0.2, -0.15) is 0 Å². The highest BCUT2D eigenvalue weighted by Crippen LogP contribution is 2.42. The minimum absolute atomic E-state index is 0.486. The molecule has 0 bridgehead atoms. The largest absolute Gasteiger partial charge is 0.258 e. The lowest BCUT2D eigenvalue weighted by atomic mass is 10.2. The van der Waals surface area contributed by atoms with Gasteiger partial charge in [-0.25, -0.2) is 0 Å². The molecular weight excluding hydrogens is 181 g/mol. The summed E-state index contributed by atoms with van der Waals surface area (Å²) in [4.78, 5) is 4.14. The molecule has 0 spiro atoms. The van der Waals surface area contributed by atoms with E-state index in [-0.39, 0.29) is 0 Å². The zero-order valence-corrected chi connectivity index (χ0v) is 7.28. The molecule has 0 aliphatic heterocycles. The Kier molecular flexibility index (Phi) is 1.78. The molecular formula is C8H6Cl2N. The number of halogens is 2. The van der Waals surface area contributed by atoms with Crippen molar-refractivity contribution in [3.8, 4) is 0 Å². The van der Waals surface area contributed by atoms with Crippen LogP contribution in [0, 0.1) is 6.07 Å². The third-order valence-corrected chi connectivity index (χ3v) is 2.22. The van der Waals surface area contributed by atoms with E-state index in [1.807, 2.05) is 0 Å². The van der Waals surface area contributed by atoms with Crippen LogP contribution in [0.4, 0.5) is 0 Å². The fraction of sp³-hybridized carbons (Fsp3) is 0.375. The summed E-state index contributed by atoms with van der Waals surface area (Å²) in [6.07, 6.45) is 3.99. The van der Waals surface area contributed by atoms with Gasteiger partial charge >= 0.3 is 0 Å². The van der Waals surface area contributed by atoms with Crippen LogP contribution in [0.2, 0.25) is 10.0 Å². The first-order valence-electron chi connectivity index (χ1n) is 3.50. The van der Waals surface area contributed by atoms with Crippen LogP contribution in [0.15, 0.2) is 6.20 Å². The number of pyridine rings is 1. The topological polar surface area (TPSA) is 12.9 Å². The molecule has 1 radical (unpaired) electrons. The predicted molar refractivity (Wildman–Crippen MR) is 45.1 cm³/mol. The molecule has 11 heavy (non-hydrogen) atoms. The summed E-state index contributed by atoms with van der Waals surface area (Å²) < 4.78 is 0. The third-order valence-electron chi connectivity index (χ3n) is 1.74. The lowest BCUT2D eigenvalue weighted by Gasteiger charge is -1.98. The molecule has 1 aliphatic carbocycles. The minimum Gasteiger partial charge on any atom is -0.258 e. The molecule has 2 rings (SSSR count). The molecule has 3 heteroatoms. The summed E-state index contributed by atoms with van der Waals surface area (Å²) in [6, 6.07) is 2.83. The van der Waals surface area contributed by atoms with E-state index in [9.17, 15) is 0 Å². The van der Waals surface area contributed by atoms with Gasteiger partial charge in [0.25, 0.3) is 0 Å². The molecule has 1 saturated carbocycles. The van der Waals surface area contributed by atoms with Crippen LogP contribution in [0.25, 0.3) is 0 Å². The molecule has 1 aliphatic rings. The lowest BCUT2D eigenvalue weighted by molar-refractivity contribution is 1.02. The first-order chi connectivity index (χ1) is 5.27. The van der Waals surface area contributed by atoms with Gasteiger partial charge < -0.3 is 0 Å². The molecule has 57 valence electrons. The summed E-state index contributed by atoms with van der Waals surface area (Å²) in [5, 5.41) is 1.07. The maximum Gasteiger partial charge on any atom is 0.0718 e. The van der Waals surface area contributed by atoms with Crippen molar-refractivity contribution in [1.82, 2.24) is 4.98 Å². The number of aromatic nitrogens is 1. The Bertz CT molecular complexity index is 281. The van der Waals surface area contributed by atoms with Gasteiger partial charge in [-0.3, -0.25) is 4.98 Å². The lowest BCUT2D eigenvalue weighted by Crippen LogP contribution is -1.86. The van der Waals surface area contributed by atoms with Crippen LogP contribution in [0.5, 0.6) is 0 Å². The van der Waals surface area contributed by atoms with E-state index in [0.717, 1.165) is 5.69 Å². The maximum atomic E-state index is 5.86. The second kappa shape index (κ2) is 2.65. The summed E-state index contributed by atoms with van der Waals surface area (Å²) in [7, 11) is 0. The first-order valence-corrected chi connectivity index (χ1v) is 4.26. The van der Waals surface area contributed by atoms with Crippen LogP contribution < -0.4 is 0 Å². The Morgan fingerprint density at radius 1 is 1.45 bits per heavy atom.